The van der Waals surface area contributed by atoms with Crippen LogP contribution >= 0.6 is 0 Å². The number of methoxy groups -OCH3 is 1. The van der Waals surface area contributed by atoms with Crippen LogP contribution in [0.5, 0.6) is 5.75 Å². The van der Waals surface area contributed by atoms with Crippen LogP contribution < -0.4 is 15.4 Å². The fraction of sp³-hybridized carbons (Fsp3) is 0.588. The Morgan fingerprint density at radius 3 is 2.96 bits per heavy atom. The molecule has 0 saturated carbocycles. The number of rotatable bonds is 6. The van der Waals surface area contributed by atoms with Crippen molar-refractivity contribution in [3.05, 3.63) is 29.3 Å². The van der Waals surface area contributed by atoms with Crippen LogP contribution in [-0.4, -0.2) is 41.9 Å². The average Bonchev–Trinajstić information content (AvgIpc) is 2.51. The second kappa shape index (κ2) is 8.34. The molecule has 0 unspecified atom stereocenters. The summed E-state index contributed by atoms with van der Waals surface area (Å²) in [6, 6.07) is 5.91. The molecular formula is C17H26N2O3S. The lowest BCUT2D eigenvalue weighted by atomic mass is 9.82. The summed E-state index contributed by atoms with van der Waals surface area (Å²) in [4.78, 5) is 11.9. The molecule has 0 aromatic heterocycles. The Hall–Kier alpha value is -1.56. The van der Waals surface area contributed by atoms with E-state index in [9.17, 15) is 9.00 Å². The Balaban J connectivity index is 1.90. The maximum atomic E-state index is 11.9. The Morgan fingerprint density at radius 2 is 2.26 bits per heavy atom. The lowest BCUT2D eigenvalue weighted by molar-refractivity contribution is 0.237. The molecular weight excluding hydrogens is 312 g/mol. The Kier molecular flexibility index (Phi) is 6.45. The Morgan fingerprint density at radius 1 is 1.48 bits per heavy atom. The summed E-state index contributed by atoms with van der Waals surface area (Å²) in [6.45, 7) is 2.48. The molecule has 0 heterocycles. The van der Waals surface area contributed by atoms with Crippen molar-refractivity contribution >= 4 is 16.8 Å². The molecule has 1 aliphatic carbocycles. The molecule has 2 amide bonds. The van der Waals surface area contributed by atoms with Gasteiger partial charge in [0.1, 0.15) is 5.75 Å². The Labute approximate surface area is 140 Å². The van der Waals surface area contributed by atoms with E-state index in [1.165, 1.54) is 11.1 Å². The van der Waals surface area contributed by atoms with Crippen molar-refractivity contribution in [3.8, 4) is 5.75 Å². The van der Waals surface area contributed by atoms with Crippen LogP contribution in [0.1, 0.15) is 36.8 Å². The molecule has 6 heteroatoms. The van der Waals surface area contributed by atoms with Gasteiger partial charge in [-0.3, -0.25) is 4.21 Å². The third-order valence-electron chi connectivity index (χ3n) is 4.16. The van der Waals surface area contributed by atoms with Crippen molar-refractivity contribution in [1.82, 2.24) is 10.6 Å². The molecule has 23 heavy (non-hydrogen) atoms. The number of hydrogen-bond acceptors (Lipinski definition) is 3. The smallest absolute Gasteiger partial charge is 0.315 e. The molecule has 2 rings (SSSR count). The molecule has 0 fully saturated rings. The Bertz CT molecular complexity index is 577. The molecule has 0 spiro atoms. The summed E-state index contributed by atoms with van der Waals surface area (Å²) in [6.07, 6.45) is 4.91. The number of fused-ring (bicyclic) bond motifs is 1. The molecule has 1 aromatic carbocycles. The van der Waals surface area contributed by atoms with Crippen molar-refractivity contribution in [3.63, 3.8) is 0 Å². The number of carbonyl (C=O) groups excluding carboxylic acids is 1. The number of ether oxygens (including phenoxy) is 1. The zero-order valence-corrected chi connectivity index (χ0v) is 14.9. The standard InChI is InChI=1S/C17H26N2O3S/c1-12(11-23(3)21)19-17(20)18-10-14-6-4-5-13-9-15(22-2)7-8-16(13)14/h7-9,12,14H,4-6,10-11H2,1-3H3,(H2,18,19,20)/t12-,14+,23+/m0/s1. The first-order valence-corrected chi connectivity index (χ1v) is 9.73. The first kappa shape index (κ1) is 17.8. The van der Waals surface area contributed by atoms with Crippen molar-refractivity contribution < 1.29 is 13.7 Å². The second-order valence-corrected chi connectivity index (χ2v) is 7.63. The van der Waals surface area contributed by atoms with Gasteiger partial charge >= 0.3 is 6.03 Å². The number of urea groups is 1. The maximum Gasteiger partial charge on any atom is 0.315 e. The minimum Gasteiger partial charge on any atom is -0.497 e. The van der Waals surface area contributed by atoms with Crippen LogP contribution in [0.4, 0.5) is 4.79 Å². The highest BCUT2D eigenvalue weighted by molar-refractivity contribution is 7.84. The van der Waals surface area contributed by atoms with Crippen molar-refractivity contribution in [2.45, 2.75) is 38.1 Å². The average molecular weight is 338 g/mol. The second-order valence-electron chi connectivity index (χ2n) is 6.15. The largest absolute Gasteiger partial charge is 0.497 e. The van der Waals surface area contributed by atoms with E-state index < -0.39 is 10.8 Å². The SMILES string of the molecule is COc1ccc2c(c1)CCC[C@@H]2CNC(=O)N[C@@H](C)C[S@@](C)=O. The van der Waals surface area contributed by atoms with E-state index in [0.29, 0.717) is 18.2 Å². The van der Waals surface area contributed by atoms with Crippen molar-refractivity contribution in [1.29, 1.82) is 0 Å². The van der Waals surface area contributed by atoms with Crippen LogP contribution in [0.15, 0.2) is 18.2 Å². The van der Waals surface area contributed by atoms with Crippen molar-refractivity contribution in [2.75, 3.05) is 25.7 Å². The van der Waals surface area contributed by atoms with Crippen LogP contribution in [-0.2, 0) is 17.2 Å². The lowest BCUT2D eigenvalue weighted by Crippen LogP contribution is -2.44. The van der Waals surface area contributed by atoms with Gasteiger partial charge in [0.05, 0.1) is 7.11 Å². The summed E-state index contributed by atoms with van der Waals surface area (Å²) < 4.78 is 16.4. The fourth-order valence-electron chi connectivity index (χ4n) is 3.11. The molecule has 0 bridgehead atoms. The van der Waals surface area contributed by atoms with Gasteiger partial charge in [-0.2, -0.15) is 0 Å². The zero-order chi connectivity index (χ0) is 16.8. The van der Waals surface area contributed by atoms with E-state index in [1.54, 1.807) is 13.4 Å². The quantitative estimate of drug-likeness (QED) is 0.835. The van der Waals surface area contributed by atoms with E-state index in [-0.39, 0.29) is 12.1 Å². The van der Waals surface area contributed by atoms with E-state index in [1.807, 2.05) is 13.0 Å². The predicted octanol–water partition coefficient (Wildman–Crippen LogP) is 2.18. The molecule has 128 valence electrons. The van der Waals surface area contributed by atoms with E-state index in [4.69, 9.17) is 4.74 Å². The molecule has 3 atom stereocenters. The van der Waals surface area contributed by atoms with Gasteiger partial charge in [0.2, 0.25) is 0 Å². The van der Waals surface area contributed by atoms with Gasteiger partial charge in [-0.05, 0) is 49.4 Å². The summed E-state index contributed by atoms with van der Waals surface area (Å²) in [5, 5.41) is 5.78. The highest BCUT2D eigenvalue weighted by Gasteiger charge is 2.21. The van der Waals surface area contributed by atoms with Gasteiger partial charge in [-0.25, -0.2) is 4.79 Å². The topological polar surface area (TPSA) is 67.4 Å². The van der Waals surface area contributed by atoms with E-state index >= 15 is 0 Å². The van der Waals surface area contributed by atoms with Gasteiger partial charge in [-0.1, -0.05) is 6.07 Å². The first-order valence-electron chi connectivity index (χ1n) is 8.00. The highest BCUT2D eigenvalue weighted by Crippen LogP contribution is 2.33. The van der Waals surface area contributed by atoms with Gasteiger partial charge < -0.3 is 15.4 Å². The molecule has 1 aromatic rings. The van der Waals surface area contributed by atoms with Crippen LogP contribution in [0.3, 0.4) is 0 Å². The molecule has 0 radical (unpaired) electrons. The van der Waals surface area contributed by atoms with E-state index in [2.05, 4.69) is 22.8 Å². The van der Waals surface area contributed by atoms with E-state index in [0.717, 1.165) is 25.0 Å². The minimum absolute atomic E-state index is 0.0938. The summed E-state index contributed by atoms with van der Waals surface area (Å²) >= 11 is 0. The number of nitrogens with one attached hydrogen (secondary N) is 2. The van der Waals surface area contributed by atoms with Gasteiger partial charge in [0.25, 0.3) is 0 Å². The van der Waals surface area contributed by atoms with Gasteiger partial charge in [-0.15, -0.1) is 0 Å². The number of carbonyl (C=O) groups is 1. The number of benzene rings is 1. The molecule has 5 nitrogen and oxygen atoms in total. The van der Waals surface area contributed by atoms with Gasteiger partial charge in [0, 0.05) is 41.3 Å². The zero-order valence-electron chi connectivity index (χ0n) is 14.1. The van der Waals surface area contributed by atoms with Crippen molar-refractivity contribution in [2.24, 2.45) is 0 Å². The number of aryl methyl sites for hydroxylation is 1. The summed E-state index contributed by atoms with van der Waals surface area (Å²) in [5.41, 5.74) is 2.62. The fourth-order valence-corrected chi connectivity index (χ4v) is 3.90. The number of hydrogen-bond donors (Lipinski definition) is 2. The molecule has 2 N–H and O–H groups in total. The minimum atomic E-state index is -0.908. The van der Waals surface area contributed by atoms with Crippen LogP contribution in [0, 0.1) is 0 Å². The molecule has 0 aliphatic heterocycles. The van der Waals surface area contributed by atoms with Crippen LogP contribution in [0.2, 0.25) is 0 Å². The normalized spacial score (nSPS) is 19.3. The van der Waals surface area contributed by atoms with Gasteiger partial charge in [0.15, 0.2) is 0 Å². The monoisotopic (exact) mass is 338 g/mol. The number of amides is 2. The van der Waals surface area contributed by atoms with Crippen LogP contribution in [0.25, 0.3) is 0 Å². The molecule has 0 saturated heterocycles. The third-order valence-corrected chi connectivity index (χ3v) is 5.13. The summed E-state index contributed by atoms with van der Waals surface area (Å²) in [5.74, 6) is 1.70. The molecule has 1 aliphatic rings. The first-order chi connectivity index (χ1) is 11.0. The predicted molar refractivity (Wildman–Crippen MR) is 93.6 cm³/mol. The summed E-state index contributed by atoms with van der Waals surface area (Å²) in [7, 11) is 0.771. The highest BCUT2D eigenvalue weighted by atomic mass is 32.2. The maximum absolute atomic E-state index is 11.9. The lowest BCUT2D eigenvalue weighted by Gasteiger charge is -2.26. The third kappa shape index (κ3) is 5.23.